The van der Waals surface area contributed by atoms with Crippen LogP contribution in [0.15, 0.2) is 85.5 Å². The van der Waals surface area contributed by atoms with Gasteiger partial charge in [-0.1, -0.05) is 65.4 Å². The molecule has 6 nitrogen and oxygen atoms in total. The molecule has 2 aromatic heterocycles. The molecule has 0 atom stereocenters. The van der Waals surface area contributed by atoms with Gasteiger partial charge in [0.05, 0.1) is 23.2 Å². The van der Waals surface area contributed by atoms with Crippen molar-refractivity contribution in [3.8, 4) is 16.9 Å². The SMILES string of the molecule is COc1ccc(Cl)c2sc(N(CCCn3ccnc3)C(=O)c3ccc(-c4ccccc4)cc3)nc12. The van der Waals surface area contributed by atoms with Crippen LogP contribution >= 0.6 is 22.9 Å². The van der Waals surface area contributed by atoms with Crippen LogP contribution in [0.4, 0.5) is 5.13 Å². The van der Waals surface area contributed by atoms with Gasteiger partial charge in [0, 0.05) is 31.0 Å². The van der Waals surface area contributed by atoms with E-state index < -0.39 is 0 Å². The number of carbonyl (C=O) groups excluding carboxylic acids is 1. The maximum Gasteiger partial charge on any atom is 0.260 e. The average Bonchev–Trinajstić information content (AvgIpc) is 3.58. The second-order valence-corrected chi connectivity index (χ2v) is 9.36. The van der Waals surface area contributed by atoms with Crippen LogP contribution in [0.3, 0.4) is 0 Å². The van der Waals surface area contributed by atoms with E-state index >= 15 is 0 Å². The van der Waals surface area contributed by atoms with Crippen molar-refractivity contribution in [2.75, 3.05) is 18.6 Å². The molecule has 8 heteroatoms. The number of aromatic nitrogens is 3. The molecule has 0 radical (unpaired) electrons. The number of thiazole rings is 1. The third-order valence-electron chi connectivity index (χ3n) is 5.74. The van der Waals surface area contributed by atoms with Gasteiger partial charge in [0.15, 0.2) is 5.13 Å². The molecule has 0 aliphatic rings. The minimum atomic E-state index is -0.107. The van der Waals surface area contributed by atoms with E-state index in [0.717, 1.165) is 28.8 Å². The summed E-state index contributed by atoms with van der Waals surface area (Å²) in [5, 5.41) is 1.18. The molecule has 0 aliphatic heterocycles. The summed E-state index contributed by atoms with van der Waals surface area (Å²) in [5.74, 6) is 0.523. The fourth-order valence-electron chi connectivity index (χ4n) is 3.93. The Morgan fingerprint density at radius 3 is 2.54 bits per heavy atom. The molecule has 5 rings (SSSR count). The molecule has 0 aliphatic carbocycles. The van der Waals surface area contributed by atoms with E-state index in [2.05, 4.69) is 17.1 Å². The molecule has 5 aromatic rings. The lowest BCUT2D eigenvalue weighted by Gasteiger charge is -2.20. The number of hydrogen-bond acceptors (Lipinski definition) is 5. The molecule has 0 unspecified atom stereocenters. The van der Waals surface area contributed by atoms with Crippen LogP contribution in [0, 0.1) is 0 Å². The highest BCUT2D eigenvalue weighted by molar-refractivity contribution is 7.23. The van der Waals surface area contributed by atoms with Gasteiger partial charge in [-0.15, -0.1) is 0 Å². The van der Waals surface area contributed by atoms with Crippen molar-refractivity contribution < 1.29 is 9.53 Å². The number of aryl methyl sites for hydroxylation is 1. The van der Waals surface area contributed by atoms with E-state index in [-0.39, 0.29) is 5.91 Å². The molecule has 0 spiro atoms. The third kappa shape index (κ3) is 4.92. The van der Waals surface area contributed by atoms with Crippen molar-refractivity contribution in [1.29, 1.82) is 0 Å². The van der Waals surface area contributed by atoms with Crippen molar-refractivity contribution >= 4 is 44.2 Å². The van der Waals surface area contributed by atoms with Crippen molar-refractivity contribution in [3.63, 3.8) is 0 Å². The maximum atomic E-state index is 13.7. The van der Waals surface area contributed by atoms with Crippen LogP contribution in [0.1, 0.15) is 16.8 Å². The lowest BCUT2D eigenvalue weighted by Crippen LogP contribution is -2.32. The van der Waals surface area contributed by atoms with Crippen molar-refractivity contribution in [3.05, 3.63) is 96.0 Å². The number of hydrogen-bond donors (Lipinski definition) is 0. The highest BCUT2D eigenvalue weighted by Gasteiger charge is 2.23. The Kier molecular flexibility index (Phi) is 6.79. The average molecular weight is 503 g/mol. The number of amides is 1. The number of halogens is 1. The zero-order valence-electron chi connectivity index (χ0n) is 19.1. The van der Waals surface area contributed by atoms with E-state index in [1.807, 2.05) is 53.2 Å². The Morgan fingerprint density at radius 1 is 1.06 bits per heavy atom. The van der Waals surface area contributed by atoms with Gasteiger partial charge in [-0.05, 0) is 41.8 Å². The van der Waals surface area contributed by atoms with Gasteiger partial charge in [0.1, 0.15) is 11.3 Å². The van der Waals surface area contributed by atoms with Gasteiger partial charge in [-0.2, -0.15) is 0 Å². The summed E-state index contributed by atoms with van der Waals surface area (Å²) in [5.41, 5.74) is 3.43. The van der Waals surface area contributed by atoms with Crippen LogP contribution in [0.2, 0.25) is 5.02 Å². The molecule has 0 fully saturated rings. The summed E-state index contributed by atoms with van der Waals surface area (Å²) in [4.78, 5) is 24.3. The van der Waals surface area contributed by atoms with Crippen LogP contribution in [0.5, 0.6) is 5.75 Å². The molecule has 1 amide bonds. The molecular formula is C27H23ClN4O2S. The first kappa shape index (κ1) is 23.1. The third-order valence-corrected chi connectivity index (χ3v) is 7.28. The number of ether oxygens (including phenoxy) is 1. The minimum absolute atomic E-state index is 0.107. The summed E-state index contributed by atoms with van der Waals surface area (Å²) in [7, 11) is 1.60. The largest absolute Gasteiger partial charge is 0.494 e. The summed E-state index contributed by atoms with van der Waals surface area (Å²) in [6.07, 6.45) is 6.18. The summed E-state index contributed by atoms with van der Waals surface area (Å²) in [6, 6.07) is 21.4. The Morgan fingerprint density at radius 2 is 1.83 bits per heavy atom. The highest BCUT2D eigenvalue weighted by atomic mass is 35.5. The van der Waals surface area contributed by atoms with Gasteiger partial charge < -0.3 is 9.30 Å². The Balaban J connectivity index is 1.46. The van der Waals surface area contributed by atoms with Gasteiger partial charge in [-0.3, -0.25) is 9.69 Å². The van der Waals surface area contributed by atoms with Gasteiger partial charge in [0.25, 0.3) is 5.91 Å². The smallest absolute Gasteiger partial charge is 0.260 e. The number of imidazole rings is 1. The fraction of sp³-hybridized carbons (Fsp3) is 0.148. The summed E-state index contributed by atoms with van der Waals surface area (Å²) in [6.45, 7) is 1.24. The number of carbonyl (C=O) groups is 1. The first-order valence-electron chi connectivity index (χ1n) is 11.2. The number of fused-ring (bicyclic) bond motifs is 1. The second-order valence-electron chi connectivity index (χ2n) is 7.98. The van der Waals surface area contributed by atoms with Crippen LogP contribution in [0.25, 0.3) is 21.3 Å². The molecule has 3 aromatic carbocycles. The maximum absolute atomic E-state index is 13.7. The van der Waals surface area contributed by atoms with Crippen molar-refractivity contribution in [2.45, 2.75) is 13.0 Å². The first-order valence-corrected chi connectivity index (χ1v) is 12.4. The molecule has 0 N–H and O–H groups in total. The number of methoxy groups -OCH3 is 1. The molecule has 0 saturated carbocycles. The second kappa shape index (κ2) is 10.3. The lowest BCUT2D eigenvalue weighted by atomic mass is 10.0. The monoisotopic (exact) mass is 502 g/mol. The predicted molar refractivity (Wildman–Crippen MR) is 142 cm³/mol. The van der Waals surface area contributed by atoms with E-state index in [0.29, 0.717) is 33.5 Å². The van der Waals surface area contributed by atoms with Crippen LogP contribution in [-0.4, -0.2) is 34.1 Å². The molecule has 0 bridgehead atoms. The van der Waals surface area contributed by atoms with E-state index in [4.69, 9.17) is 21.3 Å². The molecule has 176 valence electrons. The quantitative estimate of drug-likeness (QED) is 0.241. The minimum Gasteiger partial charge on any atom is -0.494 e. The van der Waals surface area contributed by atoms with Crippen LogP contribution < -0.4 is 9.64 Å². The molecule has 0 saturated heterocycles. The van der Waals surface area contributed by atoms with E-state index in [1.165, 1.54) is 11.3 Å². The Hall–Kier alpha value is -3.68. The number of nitrogens with zero attached hydrogens (tertiary/aromatic N) is 4. The number of anilines is 1. The van der Waals surface area contributed by atoms with Crippen LogP contribution in [-0.2, 0) is 6.54 Å². The zero-order chi connectivity index (χ0) is 24.2. The number of benzene rings is 3. The highest BCUT2D eigenvalue weighted by Crippen LogP contribution is 2.39. The molecule has 35 heavy (non-hydrogen) atoms. The van der Waals surface area contributed by atoms with Crippen molar-refractivity contribution in [1.82, 2.24) is 14.5 Å². The van der Waals surface area contributed by atoms with Gasteiger partial charge in [0.2, 0.25) is 0 Å². The summed E-state index contributed by atoms with van der Waals surface area (Å²) >= 11 is 7.84. The summed E-state index contributed by atoms with van der Waals surface area (Å²) < 4.78 is 8.27. The van der Waals surface area contributed by atoms with Gasteiger partial charge >= 0.3 is 0 Å². The predicted octanol–water partition coefficient (Wildman–Crippen LogP) is 6.56. The first-order chi connectivity index (χ1) is 17.1. The fourth-order valence-corrected chi connectivity index (χ4v) is 5.21. The standard InChI is InChI=1S/C27H23ClN4O2S/c1-34-23-13-12-22(28)25-24(23)30-27(35-25)32(16-5-15-31-17-14-29-18-31)26(33)21-10-8-20(9-11-21)19-6-3-2-4-7-19/h2-4,6-14,17-18H,5,15-16H2,1H3. The molecular weight excluding hydrogens is 480 g/mol. The Labute approximate surface area is 212 Å². The zero-order valence-corrected chi connectivity index (χ0v) is 20.7. The van der Waals surface area contributed by atoms with E-state index in [1.54, 1.807) is 36.7 Å². The van der Waals surface area contributed by atoms with E-state index in [9.17, 15) is 4.79 Å². The van der Waals surface area contributed by atoms with Crippen molar-refractivity contribution in [2.24, 2.45) is 0 Å². The van der Waals surface area contributed by atoms with Gasteiger partial charge in [-0.25, -0.2) is 9.97 Å². The topological polar surface area (TPSA) is 60.2 Å². The Bertz CT molecular complexity index is 1430. The molecule has 2 heterocycles. The normalized spacial score (nSPS) is 11.0. The lowest BCUT2D eigenvalue weighted by molar-refractivity contribution is 0.0986. The number of rotatable bonds is 8.